The summed E-state index contributed by atoms with van der Waals surface area (Å²) in [6, 6.07) is 4.93. The Balaban J connectivity index is 2.72. The molecule has 12 heavy (non-hydrogen) atoms. The SMILES string of the molecule is O=CNC(CO)c1ccccn1. The number of amides is 1. The molecule has 1 amide bonds. The van der Waals surface area contributed by atoms with E-state index in [4.69, 9.17) is 5.11 Å². The van der Waals surface area contributed by atoms with Crippen molar-refractivity contribution in [3.8, 4) is 0 Å². The van der Waals surface area contributed by atoms with E-state index in [1.807, 2.05) is 0 Å². The van der Waals surface area contributed by atoms with Crippen molar-refractivity contribution in [3.05, 3.63) is 30.1 Å². The van der Waals surface area contributed by atoms with E-state index in [1.54, 1.807) is 24.4 Å². The zero-order valence-electron chi connectivity index (χ0n) is 6.47. The highest BCUT2D eigenvalue weighted by atomic mass is 16.3. The third-order valence-corrected chi connectivity index (χ3v) is 1.50. The van der Waals surface area contributed by atoms with Crippen LogP contribution >= 0.6 is 0 Å². The second-order valence-electron chi connectivity index (χ2n) is 2.27. The van der Waals surface area contributed by atoms with Crippen LogP contribution in [0.5, 0.6) is 0 Å². The molecule has 0 bridgehead atoms. The van der Waals surface area contributed by atoms with Crippen LogP contribution in [0.2, 0.25) is 0 Å². The van der Waals surface area contributed by atoms with Crippen molar-refractivity contribution in [1.29, 1.82) is 0 Å². The van der Waals surface area contributed by atoms with Gasteiger partial charge in [0.25, 0.3) is 0 Å². The summed E-state index contributed by atoms with van der Waals surface area (Å²) < 4.78 is 0. The van der Waals surface area contributed by atoms with Gasteiger partial charge in [-0.1, -0.05) is 6.07 Å². The first-order chi connectivity index (χ1) is 5.88. The third kappa shape index (κ3) is 2.03. The van der Waals surface area contributed by atoms with Crippen molar-refractivity contribution in [2.45, 2.75) is 6.04 Å². The maximum Gasteiger partial charge on any atom is 0.207 e. The molecule has 0 saturated carbocycles. The Kier molecular flexibility index (Phi) is 3.22. The van der Waals surface area contributed by atoms with E-state index in [0.29, 0.717) is 12.1 Å². The van der Waals surface area contributed by atoms with E-state index in [-0.39, 0.29) is 6.61 Å². The Morgan fingerprint density at radius 3 is 3.00 bits per heavy atom. The molecule has 1 heterocycles. The molecular formula is C8H10N2O2. The van der Waals surface area contributed by atoms with Crippen LogP contribution in [0.4, 0.5) is 0 Å². The van der Waals surface area contributed by atoms with Gasteiger partial charge >= 0.3 is 0 Å². The average molecular weight is 166 g/mol. The first-order valence-corrected chi connectivity index (χ1v) is 3.60. The Labute approximate surface area is 70.3 Å². The summed E-state index contributed by atoms with van der Waals surface area (Å²) in [5.74, 6) is 0. The summed E-state index contributed by atoms with van der Waals surface area (Å²) in [7, 11) is 0. The molecule has 0 aromatic carbocycles. The number of carbonyl (C=O) groups excluding carboxylic acids is 1. The number of hydrogen-bond acceptors (Lipinski definition) is 3. The Hall–Kier alpha value is -1.42. The molecule has 4 nitrogen and oxygen atoms in total. The molecule has 0 saturated heterocycles. The highest BCUT2D eigenvalue weighted by molar-refractivity contribution is 5.47. The summed E-state index contributed by atoms with van der Waals surface area (Å²) in [4.78, 5) is 14.1. The lowest BCUT2D eigenvalue weighted by Gasteiger charge is -2.11. The fourth-order valence-corrected chi connectivity index (χ4v) is 0.896. The molecule has 64 valence electrons. The highest BCUT2D eigenvalue weighted by Gasteiger charge is 2.08. The van der Waals surface area contributed by atoms with Crippen LogP contribution in [-0.2, 0) is 4.79 Å². The number of hydrogen-bond donors (Lipinski definition) is 2. The second kappa shape index (κ2) is 4.46. The van der Waals surface area contributed by atoms with E-state index in [2.05, 4.69) is 10.3 Å². The maximum absolute atomic E-state index is 10.1. The third-order valence-electron chi connectivity index (χ3n) is 1.50. The molecular weight excluding hydrogens is 156 g/mol. The Morgan fingerprint density at radius 1 is 1.67 bits per heavy atom. The van der Waals surface area contributed by atoms with Gasteiger partial charge in [0.1, 0.15) is 0 Å². The van der Waals surface area contributed by atoms with Gasteiger partial charge in [-0.15, -0.1) is 0 Å². The van der Waals surface area contributed by atoms with Gasteiger partial charge in [-0.05, 0) is 12.1 Å². The highest BCUT2D eigenvalue weighted by Crippen LogP contribution is 2.06. The molecule has 0 radical (unpaired) electrons. The molecule has 0 aliphatic carbocycles. The standard InChI is InChI=1S/C8H10N2O2/c11-5-8(10-6-12)7-3-1-2-4-9-7/h1-4,6,8,11H,5H2,(H,10,12). The minimum atomic E-state index is -0.399. The Morgan fingerprint density at radius 2 is 2.50 bits per heavy atom. The van der Waals surface area contributed by atoms with Crippen LogP contribution in [-0.4, -0.2) is 23.1 Å². The molecule has 1 unspecified atom stereocenters. The monoisotopic (exact) mass is 166 g/mol. The van der Waals surface area contributed by atoms with Gasteiger partial charge in [0.2, 0.25) is 6.41 Å². The van der Waals surface area contributed by atoms with Gasteiger partial charge in [-0.3, -0.25) is 9.78 Å². The normalized spacial score (nSPS) is 12.1. The molecule has 1 aromatic heterocycles. The number of nitrogens with one attached hydrogen (secondary N) is 1. The van der Waals surface area contributed by atoms with Crippen LogP contribution in [0, 0.1) is 0 Å². The number of pyridine rings is 1. The molecule has 2 N–H and O–H groups in total. The minimum absolute atomic E-state index is 0.143. The lowest BCUT2D eigenvalue weighted by atomic mass is 10.2. The van der Waals surface area contributed by atoms with Gasteiger partial charge in [0.15, 0.2) is 0 Å². The van der Waals surface area contributed by atoms with Crippen LogP contribution in [0.3, 0.4) is 0 Å². The number of aromatic nitrogens is 1. The van der Waals surface area contributed by atoms with Crippen molar-refractivity contribution in [3.63, 3.8) is 0 Å². The average Bonchev–Trinajstić information content (AvgIpc) is 2.15. The number of rotatable bonds is 4. The molecule has 1 rings (SSSR count). The van der Waals surface area contributed by atoms with Gasteiger partial charge < -0.3 is 10.4 Å². The zero-order chi connectivity index (χ0) is 8.81. The topological polar surface area (TPSA) is 62.2 Å². The van der Waals surface area contributed by atoms with E-state index in [1.165, 1.54) is 0 Å². The lowest BCUT2D eigenvalue weighted by Crippen LogP contribution is -2.23. The summed E-state index contributed by atoms with van der Waals surface area (Å²) in [6.07, 6.45) is 2.17. The van der Waals surface area contributed by atoms with Crippen LogP contribution in [0.15, 0.2) is 24.4 Å². The number of nitrogens with zero attached hydrogens (tertiary/aromatic N) is 1. The van der Waals surface area contributed by atoms with Crippen molar-refractivity contribution >= 4 is 6.41 Å². The number of aliphatic hydroxyl groups is 1. The van der Waals surface area contributed by atoms with E-state index >= 15 is 0 Å². The summed E-state index contributed by atoms with van der Waals surface area (Å²) in [5, 5.41) is 11.3. The fourth-order valence-electron chi connectivity index (χ4n) is 0.896. The van der Waals surface area contributed by atoms with Gasteiger partial charge in [0, 0.05) is 6.20 Å². The first kappa shape index (κ1) is 8.67. The summed E-state index contributed by atoms with van der Waals surface area (Å²) in [6.45, 7) is -0.143. The van der Waals surface area contributed by atoms with E-state index in [9.17, 15) is 4.79 Å². The number of aliphatic hydroxyl groups excluding tert-OH is 1. The van der Waals surface area contributed by atoms with Gasteiger partial charge in [-0.25, -0.2) is 0 Å². The smallest absolute Gasteiger partial charge is 0.207 e. The molecule has 1 atom stereocenters. The molecule has 0 fully saturated rings. The van der Waals surface area contributed by atoms with Crippen molar-refractivity contribution in [2.24, 2.45) is 0 Å². The molecule has 0 aliphatic heterocycles. The molecule has 0 spiro atoms. The van der Waals surface area contributed by atoms with Crippen molar-refractivity contribution < 1.29 is 9.90 Å². The van der Waals surface area contributed by atoms with Crippen molar-refractivity contribution in [2.75, 3.05) is 6.61 Å². The molecule has 0 aliphatic rings. The molecule has 1 aromatic rings. The van der Waals surface area contributed by atoms with E-state index in [0.717, 1.165) is 0 Å². The largest absolute Gasteiger partial charge is 0.394 e. The van der Waals surface area contributed by atoms with Gasteiger partial charge in [0.05, 0.1) is 18.3 Å². The van der Waals surface area contributed by atoms with Gasteiger partial charge in [-0.2, -0.15) is 0 Å². The first-order valence-electron chi connectivity index (χ1n) is 3.60. The van der Waals surface area contributed by atoms with Crippen LogP contribution < -0.4 is 5.32 Å². The van der Waals surface area contributed by atoms with Crippen molar-refractivity contribution in [1.82, 2.24) is 10.3 Å². The minimum Gasteiger partial charge on any atom is -0.394 e. The van der Waals surface area contributed by atoms with Crippen LogP contribution in [0.1, 0.15) is 11.7 Å². The predicted octanol–water partition coefficient (Wildman–Crippen LogP) is -0.139. The van der Waals surface area contributed by atoms with E-state index < -0.39 is 6.04 Å². The second-order valence-corrected chi connectivity index (χ2v) is 2.27. The zero-order valence-corrected chi connectivity index (χ0v) is 6.47. The number of carbonyl (C=O) groups is 1. The summed E-state index contributed by atoms with van der Waals surface area (Å²) in [5.41, 5.74) is 0.659. The fraction of sp³-hybridized carbons (Fsp3) is 0.250. The van der Waals surface area contributed by atoms with Crippen LogP contribution in [0.25, 0.3) is 0 Å². The lowest BCUT2D eigenvalue weighted by molar-refractivity contribution is -0.110. The molecule has 4 heteroatoms. The quantitative estimate of drug-likeness (QED) is 0.612. The Bertz CT molecular complexity index is 238. The predicted molar refractivity (Wildman–Crippen MR) is 43.3 cm³/mol. The summed E-state index contributed by atoms with van der Waals surface area (Å²) >= 11 is 0. The maximum atomic E-state index is 10.1.